The lowest BCUT2D eigenvalue weighted by atomic mass is 10.1. The Hall–Kier alpha value is -1.82. The molecule has 18 heavy (non-hydrogen) atoms. The fourth-order valence-electron chi connectivity index (χ4n) is 2.00. The molecular formula is C12H19N5O. The first kappa shape index (κ1) is 12.6. The molecule has 0 aliphatic carbocycles. The predicted molar refractivity (Wildman–Crippen MR) is 70.6 cm³/mol. The molecule has 1 aromatic rings. The molecule has 0 bridgehead atoms. The summed E-state index contributed by atoms with van der Waals surface area (Å²) in [5, 5.41) is 10.7. The fourth-order valence-corrected chi connectivity index (χ4v) is 2.00. The van der Waals surface area contributed by atoms with Crippen LogP contribution in [0.4, 0.5) is 5.82 Å². The van der Waals surface area contributed by atoms with Crippen LogP contribution in [-0.4, -0.2) is 42.6 Å². The Bertz CT molecular complexity index is 434. The highest BCUT2D eigenvalue weighted by molar-refractivity contribution is 5.74. The van der Waals surface area contributed by atoms with Crippen LogP contribution < -0.4 is 11.1 Å². The molecule has 0 spiro atoms. The minimum absolute atomic E-state index is 0.128. The number of nitrogens with one attached hydrogen (secondary N) is 2. The number of pyridine rings is 1. The zero-order valence-electron chi connectivity index (χ0n) is 10.6. The number of ether oxygens (including phenoxy) is 1. The number of anilines is 1. The van der Waals surface area contributed by atoms with Crippen LogP contribution in [0.15, 0.2) is 12.1 Å². The summed E-state index contributed by atoms with van der Waals surface area (Å²) in [7, 11) is 1.68. The summed E-state index contributed by atoms with van der Waals surface area (Å²) < 4.78 is 4.98. The Morgan fingerprint density at radius 3 is 3.17 bits per heavy atom. The summed E-state index contributed by atoms with van der Waals surface area (Å²) >= 11 is 0. The highest BCUT2D eigenvalue weighted by Gasteiger charge is 2.18. The topological polar surface area (TPSA) is 87.3 Å². The Kier molecular flexibility index (Phi) is 3.99. The van der Waals surface area contributed by atoms with Crippen LogP contribution in [0.1, 0.15) is 11.3 Å². The largest absolute Gasteiger partial charge is 0.383 e. The lowest BCUT2D eigenvalue weighted by Crippen LogP contribution is -2.40. The van der Waals surface area contributed by atoms with Gasteiger partial charge in [-0.15, -0.1) is 0 Å². The van der Waals surface area contributed by atoms with E-state index < -0.39 is 0 Å². The Balaban J connectivity index is 2.03. The molecule has 0 aromatic carbocycles. The van der Waals surface area contributed by atoms with E-state index in [4.69, 9.17) is 15.9 Å². The molecule has 0 saturated heterocycles. The predicted octanol–water partition coefficient (Wildman–Crippen LogP) is 0.391. The van der Waals surface area contributed by atoms with E-state index >= 15 is 0 Å². The molecule has 0 fully saturated rings. The van der Waals surface area contributed by atoms with Gasteiger partial charge in [-0.25, -0.2) is 4.98 Å². The van der Waals surface area contributed by atoms with E-state index in [9.17, 15) is 0 Å². The van der Waals surface area contributed by atoms with E-state index in [0.717, 1.165) is 36.6 Å². The van der Waals surface area contributed by atoms with Crippen LogP contribution in [0.3, 0.4) is 0 Å². The highest BCUT2D eigenvalue weighted by atomic mass is 16.5. The molecular weight excluding hydrogens is 230 g/mol. The molecule has 98 valence electrons. The molecule has 6 nitrogen and oxygen atoms in total. The molecule has 0 radical (unpaired) electrons. The zero-order valence-corrected chi connectivity index (χ0v) is 10.6. The Labute approximate surface area is 107 Å². The average molecular weight is 249 g/mol. The molecule has 0 amide bonds. The molecule has 0 unspecified atom stereocenters. The third kappa shape index (κ3) is 2.89. The number of guanidine groups is 1. The second-order valence-corrected chi connectivity index (χ2v) is 4.28. The van der Waals surface area contributed by atoms with E-state index in [1.54, 1.807) is 7.11 Å². The first-order valence-electron chi connectivity index (χ1n) is 6.01. The SMILES string of the molecule is COCCNc1ccc2c(n1)CCN(C(=N)N)C2. The summed E-state index contributed by atoms with van der Waals surface area (Å²) in [6.07, 6.45) is 0.828. The van der Waals surface area contributed by atoms with Crippen molar-refractivity contribution in [1.29, 1.82) is 5.41 Å². The van der Waals surface area contributed by atoms with Gasteiger partial charge in [0.2, 0.25) is 0 Å². The average Bonchev–Trinajstić information content (AvgIpc) is 2.38. The quantitative estimate of drug-likeness (QED) is 0.408. The van der Waals surface area contributed by atoms with Gasteiger partial charge in [0.15, 0.2) is 5.96 Å². The maximum atomic E-state index is 7.44. The van der Waals surface area contributed by atoms with Gasteiger partial charge >= 0.3 is 0 Å². The molecule has 4 N–H and O–H groups in total. The number of nitrogens with zero attached hydrogens (tertiary/aromatic N) is 2. The van der Waals surface area contributed by atoms with Crippen molar-refractivity contribution in [3.63, 3.8) is 0 Å². The third-order valence-electron chi connectivity index (χ3n) is 3.00. The van der Waals surface area contributed by atoms with Crippen LogP contribution in [0.2, 0.25) is 0 Å². The van der Waals surface area contributed by atoms with E-state index in [2.05, 4.69) is 10.3 Å². The molecule has 6 heteroatoms. The van der Waals surface area contributed by atoms with Crippen molar-refractivity contribution in [2.45, 2.75) is 13.0 Å². The molecule has 2 rings (SSSR count). The number of rotatable bonds is 4. The molecule has 1 aromatic heterocycles. The lowest BCUT2D eigenvalue weighted by Gasteiger charge is -2.28. The van der Waals surface area contributed by atoms with Gasteiger partial charge in [0.05, 0.1) is 6.61 Å². The number of fused-ring (bicyclic) bond motifs is 1. The van der Waals surface area contributed by atoms with Gasteiger partial charge in [0.25, 0.3) is 0 Å². The molecule has 0 saturated carbocycles. The fraction of sp³-hybridized carbons (Fsp3) is 0.500. The summed E-state index contributed by atoms with van der Waals surface area (Å²) in [5.74, 6) is 1.00. The van der Waals surface area contributed by atoms with Gasteiger partial charge in [0.1, 0.15) is 5.82 Å². The first-order valence-corrected chi connectivity index (χ1v) is 6.01. The van der Waals surface area contributed by atoms with Crippen molar-refractivity contribution < 1.29 is 4.74 Å². The van der Waals surface area contributed by atoms with Crippen molar-refractivity contribution in [2.75, 3.05) is 32.1 Å². The molecule has 2 heterocycles. The van der Waals surface area contributed by atoms with Gasteiger partial charge in [-0.1, -0.05) is 6.07 Å². The maximum Gasteiger partial charge on any atom is 0.188 e. The normalized spacial score (nSPS) is 14.2. The number of hydrogen-bond donors (Lipinski definition) is 3. The van der Waals surface area contributed by atoms with Crippen LogP contribution >= 0.6 is 0 Å². The minimum Gasteiger partial charge on any atom is -0.383 e. The smallest absolute Gasteiger partial charge is 0.188 e. The number of hydrogen-bond acceptors (Lipinski definition) is 4. The van der Waals surface area contributed by atoms with Gasteiger partial charge in [-0.3, -0.25) is 5.41 Å². The second-order valence-electron chi connectivity index (χ2n) is 4.28. The van der Waals surface area contributed by atoms with Gasteiger partial charge in [-0.05, 0) is 11.6 Å². The van der Waals surface area contributed by atoms with E-state index in [0.29, 0.717) is 13.2 Å². The van der Waals surface area contributed by atoms with Crippen molar-refractivity contribution in [3.8, 4) is 0 Å². The van der Waals surface area contributed by atoms with Crippen molar-refractivity contribution >= 4 is 11.8 Å². The van der Waals surface area contributed by atoms with Gasteiger partial charge < -0.3 is 20.7 Å². The zero-order chi connectivity index (χ0) is 13.0. The Morgan fingerprint density at radius 2 is 2.44 bits per heavy atom. The van der Waals surface area contributed by atoms with Crippen LogP contribution in [0.25, 0.3) is 0 Å². The van der Waals surface area contributed by atoms with E-state index in [-0.39, 0.29) is 5.96 Å². The second kappa shape index (κ2) is 5.68. The van der Waals surface area contributed by atoms with E-state index in [1.165, 1.54) is 0 Å². The monoisotopic (exact) mass is 249 g/mol. The summed E-state index contributed by atoms with van der Waals surface area (Å²) in [6, 6.07) is 4.00. The number of methoxy groups -OCH3 is 1. The minimum atomic E-state index is 0.128. The van der Waals surface area contributed by atoms with Crippen LogP contribution in [0, 0.1) is 5.41 Å². The molecule has 1 aliphatic heterocycles. The van der Waals surface area contributed by atoms with Crippen molar-refractivity contribution in [1.82, 2.24) is 9.88 Å². The van der Waals surface area contributed by atoms with Crippen molar-refractivity contribution in [2.24, 2.45) is 5.73 Å². The van der Waals surface area contributed by atoms with Gasteiger partial charge in [0, 0.05) is 38.9 Å². The lowest BCUT2D eigenvalue weighted by molar-refractivity contribution is 0.210. The standard InChI is InChI=1S/C12H19N5O/c1-18-7-5-15-11-3-2-9-8-17(12(13)14)6-4-10(9)16-11/h2-3H,4-8H2,1H3,(H3,13,14)(H,15,16). The maximum absolute atomic E-state index is 7.44. The highest BCUT2D eigenvalue weighted by Crippen LogP contribution is 2.18. The van der Waals surface area contributed by atoms with Gasteiger partial charge in [-0.2, -0.15) is 0 Å². The first-order chi connectivity index (χ1) is 8.70. The number of aromatic nitrogens is 1. The summed E-state index contributed by atoms with van der Waals surface area (Å²) in [5.41, 5.74) is 7.74. The third-order valence-corrected chi connectivity index (χ3v) is 3.00. The molecule has 1 aliphatic rings. The number of nitrogens with two attached hydrogens (primary N) is 1. The van der Waals surface area contributed by atoms with Crippen molar-refractivity contribution in [3.05, 3.63) is 23.4 Å². The van der Waals surface area contributed by atoms with Crippen LogP contribution in [-0.2, 0) is 17.7 Å². The summed E-state index contributed by atoms with van der Waals surface area (Å²) in [4.78, 5) is 6.42. The van der Waals surface area contributed by atoms with Crippen LogP contribution in [0.5, 0.6) is 0 Å². The summed E-state index contributed by atoms with van der Waals surface area (Å²) in [6.45, 7) is 2.85. The van der Waals surface area contributed by atoms with E-state index in [1.807, 2.05) is 17.0 Å². The Morgan fingerprint density at radius 1 is 1.61 bits per heavy atom. The molecule has 0 atom stereocenters.